The SMILES string of the molecule is O=C(CNCCc1ccc(F)cc1)NCc1ccccn1. The molecule has 1 heterocycles. The minimum atomic E-state index is -0.236. The molecular weight excluding hydrogens is 269 g/mol. The van der Waals surface area contributed by atoms with Gasteiger partial charge in [-0.1, -0.05) is 18.2 Å². The molecule has 0 bridgehead atoms. The van der Waals surface area contributed by atoms with Crippen molar-refractivity contribution in [3.8, 4) is 0 Å². The summed E-state index contributed by atoms with van der Waals surface area (Å²) in [5, 5.41) is 5.85. The van der Waals surface area contributed by atoms with Crippen LogP contribution in [0.2, 0.25) is 0 Å². The van der Waals surface area contributed by atoms with Crippen molar-refractivity contribution in [2.24, 2.45) is 0 Å². The first-order chi connectivity index (χ1) is 10.2. The Labute approximate surface area is 123 Å². The van der Waals surface area contributed by atoms with Crippen molar-refractivity contribution in [1.82, 2.24) is 15.6 Å². The number of carbonyl (C=O) groups excluding carboxylic acids is 1. The number of aromatic nitrogens is 1. The van der Waals surface area contributed by atoms with Gasteiger partial charge in [0.05, 0.1) is 18.8 Å². The van der Waals surface area contributed by atoms with Crippen molar-refractivity contribution >= 4 is 5.91 Å². The van der Waals surface area contributed by atoms with Gasteiger partial charge in [-0.25, -0.2) is 4.39 Å². The fourth-order valence-corrected chi connectivity index (χ4v) is 1.84. The van der Waals surface area contributed by atoms with E-state index in [-0.39, 0.29) is 18.3 Å². The highest BCUT2D eigenvalue weighted by Crippen LogP contribution is 2.02. The summed E-state index contributed by atoms with van der Waals surface area (Å²) in [6.07, 6.45) is 2.45. The van der Waals surface area contributed by atoms with Crippen LogP contribution in [-0.4, -0.2) is 24.0 Å². The summed E-state index contributed by atoms with van der Waals surface area (Å²) >= 11 is 0. The number of benzene rings is 1. The van der Waals surface area contributed by atoms with E-state index in [0.29, 0.717) is 13.1 Å². The van der Waals surface area contributed by atoms with Crippen LogP contribution in [0.25, 0.3) is 0 Å². The Bertz CT molecular complexity index is 557. The maximum Gasteiger partial charge on any atom is 0.234 e. The summed E-state index contributed by atoms with van der Waals surface area (Å²) in [4.78, 5) is 15.7. The molecule has 110 valence electrons. The number of hydrogen-bond acceptors (Lipinski definition) is 3. The average Bonchev–Trinajstić information content (AvgIpc) is 2.52. The van der Waals surface area contributed by atoms with E-state index in [1.165, 1.54) is 12.1 Å². The Balaban J connectivity index is 1.60. The normalized spacial score (nSPS) is 10.3. The molecule has 1 amide bonds. The van der Waals surface area contributed by atoms with Crippen LogP contribution in [0.1, 0.15) is 11.3 Å². The van der Waals surface area contributed by atoms with Gasteiger partial charge in [-0.2, -0.15) is 0 Å². The molecule has 0 unspecified atom stereocenters. The molecule has 0 atom stereocenters. The molecule has 21 heavy (non-hydrogen) atoms. The van der Waals surface area contributed by atoms with Gasteiger partial charge in [-0.05, 0) is 42.8 Å². The number of rotatable bonds is 7. The molecule has 4 nitrogen and oxygen atoms in total. The van der Waals surface area contributed by atoms with E-state index < -0.39 is 0 Å². The quantitative estimate of drug-likeness (QED) is 0.762. The molecule has 0 spiro atoms. The third kappa shape index (κ3) is 5.71. The van der Waals surface area contributed by atoms with E-state index in [1.54, 1.807) is 18.3 Å². The lowest BCUT2D eigenvalue weighted by Gasteiger charge is -2.06. The first-order valence-corrected chi connectivity index (χ1v) is 6.86. The van der Waals surface area contributed by atoms with Gasteiger partial charge >= 0.3 is 0 Å². The van der Waals surface area contributed by atoms with Gasteiger partial charge in [0.25, 0.3) is 0 Å². The Morgan fingerprint density at radius 3 is 2.67 bits per heavy atom. The van der Waals surface area contributed by atoms with Gasteiger partial charge in [-0.3, -0.25) is 9.78 Å². The lowest BCUT2D eigenvalue weighted by Crippen LogP contribution is -2.34. The highest BCUT2D eigenvalue weighted by molar-refractivity contribution is 5.77. The summed E-state index contributed by atoms with van der Waals surface area (Å²) in [5.74, 6) is -0.305. The predicted octanol–water partition coefficient (Wildman–Crippen LogP) is 1.67. The summed E-state index contributed by atoms with van der Waals surface area (Å²) in [6.45, 7) is 1.36. The predicted molar refractivity (Wildman–Crippen MR) is 79.1 cm³/mol. The third-order valence-corrected chi connectivity index (χ3v) is 2.98. The summed E-state index contributed by atoms with van der Waals surface area (Å²) in [5.41, 5.74) is 1.87. The van der Waals surface area contributed by atoms with Crippen molar-refractivity contribution in [1.29, 1.82) is 0 Å². The largest absolute Gasteiger partial charge is 0.349 e. The fraction of sp³-hybridized carbons (Fsp3) is 0.250. The molecule has 5 heteroatoms. The Morgan fingerprint density at radius 1 is 1.14 bits per heavy atom. The van der Waals surface area contributed by atoms with Gasteiger partial charge in [0.15, 0.2) is 0 Å². The van der Waals surface area contributed by atoms with Crippen LogP contribution in [0.15, 0.2) is 48.7 Å². The van der Waals surface area contributed by atoms with Crippen LogP contribution in [0.3, 0.4) is 0 Å². The lowest BCUT2D eigenvalue weighted by molar-refractivity contribution is -0.120. The Morgan fingerprint density at radius 2 is 1.95 bits per heavy atom. The number of halogens is 1. The van der Waals surface area contributed by atoms with Crippen molar-refractivity contribution < 1.29 is 9.18 Å². The Hall–Kier alpha value is -2.27. The molecule has 0 saturated heterocycles. The van der Waals surface area contributed by atoms with Crippen LogP contribution < -0.4 is 10.6 Å². The molecule has 0 fully saturated rings. The van der Waals surface area contributed by atoms with E-state index >= 15 is 0 Å². The van der Waals surface area contributed by atoms with E-state index in [9.17, 15) is 9.18 Å². The maximum atomic E-state index is 12.7. The maximum absolute atomic E-state index is 12.7. The van der Waals surface area contributed by atoms with Crippen molar-refractivity contribution in [3.05, 3.63) is 65.7 Å². The molecule has 0 aliphatic heterocycles. The molecule has 0 radical (unpaired) electrons. The first-order valence-electron chi connectivity index (χ1n) is 6.86. The van der Waals surface area contributed by atoms with Crippen LogP contribution in [0, 0.1) is 5.82 Å². The van der Waals surface area contributed by atoms with Crippen LogP contribution >= 0.6 is 0 Å². The smallest absolute Gasteiger partial charge is 0.234 e. The molecule has 0 aliphatic carbocycles. The molecule has 2 aromatic rings. The molecule has 2 N–H and O–H groups in total. The monoisotopic (exact) mass is 287 g/mol. The number of nitrogens with zero attached hydrogens (tertiary/aromatic N) is 1. The number of carbonyl (C=O) groups is 1. The zero-order valence-corrected chi connectivity index (χ0v) is 11.7. The van der Waals surface area contributed by atoms with E-state index in [4.69, 9.17) is 0 Å². The molecule has 0 saturated carbocycles. The highest BCUT2D eigenvalue weighted by atomic mass is 19.1. The van der Waals surface area contributed by atoms with Gasteiger partial charge < -0.3 is 10.6 Å². The van der Waals surface area contributed by atoms with Crippen LogP contribution in [0.4, 0.5) is 4.39 Å². The van der Waals surface area contributed by atoms with Gasteiger partial charge in [0.1, 0.15) is 5.82 Å². The lowest BCUT2D eigenvalue weighted by atomic mass is 10.1. The van der Waals surface area contributed by atoms with Gasteiger partial charge in [0, 0.05) is 6.20 Å². The fourth-order valence-electron chi connectivity index (χ4n) is 1.84. The number of pyridine rings is 1. The molecular formula is C16H18FN3O. The second-order valence-electron chi connectivity index (χ2n) is 4.65. The van der Waals surface area contributed by atoms with E-state index in [1.807, 2.05) is 18.2 Å². The first kappa shape index (κ1) is 15.1. The number of nitrogens with one attached hydrogen (secondary N) is 2. The van der Waals surface area contributed by atoms with Gasteiger partial charge in [-0.15, -0.1) is 0 Å². The summed E-state index contributed by atoms with van der Waals surface area (Å²) < 4.78 is 12.7. The second kappa shape index (κ2) is 8.11. The molecule has 0 aliphatic rings. The number of amides is 1. The minimum Gasteiger partial charge on any atom is -0.349 e. The van der Waals surface area contributed by atoms with E-state index in [2.05, 4.69) is 15.6 Å². The molecule has 1 aromatic carbocycles. The molecule has 1 aromatic heterocycles. The average molecular weight is 287 g/mol. The van der Waals surface area contributed by atoms with Crippen LogP contribution in [0.5, 0.6) is 0 Å². The van der Waals surface area contributed by atoms with E-state index in [0.717, 1.165) is 17.7 Å². The van der Waals surface area contributed by atoms with Crippen LogP contribution in [-0.2, 0) is 17.8 Å². The Kier molecular flexibility index (Phi) is 5.84. The zero-order chi connectivity index (χ0) is 14.9. The second-order valence-corrected chi connectivity index (χ2v) is 4.65. The number of hydrogen-bond donors (Lipinski definition) is 2. The van der Waals surface area contributed by atoms with Gasteiger partial charge in [0.2, 0.25) is 5.91 Å². The minimum absolute atomic E-state index is 0.0697. The molecule has 2 rings (SSSR count). The zero-order valence-electron chi connectivity index (χ0n) is 11.7. The third-order valence-electron chi connectivity index (χ3n) is 2.98. The summed E-state index contributed by atoms with van der Waals surface area (Å²) in [6, 6.07) is 12.0. The summed E-state index contributed by atoms with van der Waals surface area (Å²) in [7, 11) is 0. The standard InChI is InChI=1S/C16H18FN3O/c17-14-6-4-13(5-7-14)8-10-18-12-16(21)20-11-15-3-1-2-9-19-15/h1-7,9,18H,8,10-12H2,(H,20,21). The van der Waals surface area contributed by atoms with Crippen molar-refractivity contribution in [2.75, 3.05) is 13.1 Å². The highest BCUT2D eigenvalue weighted by Gasteiger charge is 2.01. The van der Waals surface area contributed by atoms with Crippen molar-refractivity contribution in [2.45, 2.75) is 13.0 Å². The van der Waals surface area contributed by atoms with Crippen molar-refractivity contribution in [3.63, 3.8) is 0 Å². The topological polar surface area (TPSA) is 54.0 Å².